The number of hydrogen-bond acceptors (Lipinski definition) is 6. The third kappa shape index (κ3) is 8.25. The fraction of sp³-hybridized carbons (Fsp3) is 0.722. The van der Waals surface area contributed by atoms with Crippen molar-refractivity contribution in [1.82, 2.24) is 9.88 Å². The molecule has 1 aromatic heterocycles. The first-order valence-electron chi connectivity index (χ1n) is 16.9. The van der Waals surface area contributed by atoms with Gasteiger partial charge < -0.3 is 14.6 Å². The smallest absolute Gasteiger partial charge is 0.309 e. The molecule has 1 aliphatic heterocycles. The van der Waals surface area contributed by atoms with E-state index in [1.165, 1.54) is 12.8 Å². The van der Waals surface area contributed by atoms with Crippen molar-refractivity contribution in [3.05, 3.63) is 36.0 Å². The van der Waals surface area contributed by atoms with Gasteiger partial charge in [-0.1, -0.05) is 33.8 Å². The molecule has 0 spiro atoms. The molecule has 2 saturated carbocycles. The van der Waals surface area contributed by atoms with E-state index in [1.54, 1.807) is 0 Å². The van der Waals surface area contributed by atoms with Gasteiger partial charge in [-0.3, -0.25) is 14.7 Å². The van der Waals surface area contributed by atoms with Gasteiger partial charge in [-0.05, 0) is 131 Å². The Morgan fingerprint density at radius 1 is 0.952 bits per heavy atom. The van der Waals surface area contributed by atoms with E-state index >= 15 is 0 Å². The highest BCUT2D eigenvalue weighted by Gasteiger charge is 2.32. The normalized spacial score (nSPS) is 27.9. The highest BCUT2D eigenvalue weighted by Crippen LogP contribution is 2.37. The number of hydrogen-bond donors (Lipinski definition) is 1. The van der Waals surface area contributed by atoms with Gasteiger partial charge >= 0.3 is 5.97 Å². The highest BCUT2D eigenvalue weighted by atomic mass is 16.5. The number of carbonyl (C=O) groups is 1. The summed E-state index contributed by atoms with van der Waals surface area (Å²) < 4.78 is 12.1. The van der Waals surface area contributed by atoms with Crippen LogP contribution in [0.4, 0.5) is 0 Å². The minimum atomic E-state index is -0.196. The maximum Gasteiger partial charge on any atom is 0.309 e. The van der Waals surface area contributed by atoms with Crippen LogP contribution in [0, 0.1) is 35.5 Å². The quantitative estimate of drug-likeness (QED) is 0.296. The maximum absolute atomic E-state index is 12.8. The van der Waals surface area contributed by atoms with Crippen molar-refractivity contribution in [2.24, 2.45) is 35.5 Å². The standard InChI is InChI=1S/C36H54N2O4/c1-24(2)26-6-10-32(11-7-26)42-33-12-14-35-29(22-33)5-8-30(37-35)23-38-18-15-27(16-19-38)36(40)41-20-17-28-21-31(39)9-13-34(28)25(3)4/h5,8,12,14,22,24-28,31-32,34,39H,6-7,9-11,13,15-21,23H2,1-4H3/t26-,28?,31-,32+,34+/m0/s1. The zero-order chi connectivity index (χ0) is 29.6. The summed E-state index contributed by atoms with van der Waals surface area (Å²) in [4.78, 5) is 20.2. The number of nitrogens with zero attached hydrogens (tertiary/aromatic N) is 2. The van der Waals surface area contributed by atoms with E-state index in [4.69, 9.17) is 14.5 Å². The molecule has 42 heavy (non-hydrogen) atoms. The van der Waals surface area contributed by atoms with E-state index in [-0.39, 0.29) is 18.0 Å². The number of aromatic nitrogens is 1. The topological polar surface area (TPSA) is 71.9 Å². The van der Waals surface area contributed by atoms with Gasteiger partial charge in [-0.25, -0.2) is 0 Å². The summed E-state index contributed by atoms with van der Waals surface area (Å²) in [5.41, 5.74) is 2.07. The molecular weight excluding hydrogens is 524 g/mol. The Bertz CT molecular complexity index is 1150. The van der Waals surface area contributed by atoms with Crippen molar-refractivity contribution >= 4 is 16.9 Å². The predicted octanol–water partition coefficient (Wildman–Crippen LogP) is 7.41. The van der Waals surface area contributed by atoms with Crippen molar-refractivity contribution in [2.45, 2.75) is 111 Å². The lowest BCUT2D eigenvalue weighted by molar-refractivity contribution is -0.151. The summed E-state index contributed by atoms with van der Waals surface area (Å²) in [6, 6.07) is 10.6. The van der Waals surface area contributed by atoms with Gasteiger partial charge in [-0.2, -0.15) is 0 Å². The first-order chi connectivity index (χ1) is 20.2. The number of aliphatic hydroxyl groups excluding tert-OH is 1. The number of pyridine rings is 1. The van der Waals surface area contributed by atoms with Gasteiger partial charge in [0.25, 0.3) is 0 Å². The van der Waals surface area contributed by atoms with E-state index in [9.17, 15) is 9.90 Å². The SMILES string of the molecule is CC(C)[C@H]1CC[C@H](O)CC1CCOC(=O)C1CCN(Cc2ccc3cc(O[C@H]4CC[C@@H](C(C)C)CC4)ccc3n2)CC1. The fourth-order valence-corrected chi connectivity index (χ4v) is 7.83. The molecule has 0 bridgehead atoms. The van der Waals surface area contributed by atoms with Gasteiger partial charge in [0, 0.05) is 11.9 Å². The minimum absolute atomic E-state index is 0.0116. The van der Waals surface area contributed by atoms with Gasteiger partial charge in [0.15, 0.2) is 0 Å². The summed E-state index contributed by atoms with van der Waals surface area (Å²) in [6.07, 6.45) is 10.3. The maximum atomic E-state index is 12.8. The minimum Gasteiger partial charge on any atom is -0.490 e. The number of likely N-dealkylation sites (tertiary alicyclic amines) is 1. The van der Waals surface area contributed by atoms with E-state index in [1.807, 2.05) is 0 Å². The first-order valence-corrected chi connectivity index (χ1v) is 16.9. The number of fused-ring (bicyclic) bond motifs is 1. The second kappa shape index (κ2) is 14.5. The lowest BCUT2D eigenvalue weighted by Gasteiger charge is -2.36. The Hall–Kier alpha value is -2.18. The van der Waals surface area contributed by atoms with Crippen LogP contribution in [0.2, 0.25) is 0 Å². The lowest BCUT2D eigenvalue weighted by Crippen LogP contribution is -2.37. The van der Waals surface area contributed by atoms with Crippen LogP contribution in [0.3, 0.4) is 0 Å². The Morgan fingerprint density at radius 2 is 1.71 bits per heavy atom. The van der Waals surface area contributed by atoms with Crippen LogP contribution in [0.25, 0.3) is 10.9 Å². The van der Waals surface area contributed by atoms with Gasteiger partial charge in [-0.15, -0.1) is 0 Å². The van der Waals surface area contributed by atoms with Crippen LogP contribution < -0.4 is 4.74 Å². The Kier molecular flexibility index (Phi) is 10.8. The van der Waals surface area contributed by atoms with Crippen LogP contribution >= 0.6 is 0 Å². The summed E-state index contributed by atoms with van der Waals surface area (Å²) in [5, 5.41) is 11.3. The van der Waals surface area contributed by atoms with Crippen molar-refractivity contribution in [2.75, 3.05) is 19.7 Å². The Morgan fingerprint density at radius 3 is 2.43 bits per heavy atom. The molecule has 1 unspecified atom stereocenters. The number of benzene rings is 1. The largest absolute Gasteiger partial charge is 0.490 e. The predicted molar refractivity (Wildman–Crippen MR) is 168 cm³/mol. The molecule has 1 saturated heterocycles. The third-order valence-electron chi connectivity index (χ3n) is 10.6. The van der Waals surface area contributed by atoms with Crippen LogP contribution in [0.5, 0.6) is 5.75 Å². The van der Waals surface area contributed by atoms with E-state index in [0.717, 1.165) is 105 Å². The van der Waals surface area contributed by atoms with E-state index < -0.39 is 0 Å². The Balaban J connectivity index is 1.04. The average Bonchev–Trinajstić information content (AvgIpc) is 2.98. The van der Waals surface area contributed by atoms with Gasteiger partial charge in [0.05, 0.1) is 35.9 Å². The molecule has 3 aliphatic rings. The molecule has 2 aliphatic carbocycles. The molecule has 6 heteroatoms. The van der Waals surface area contributed by atoms with Crippen molar-refractivity contribution in [3.63, 3.8) is 0 Å². The molecule has 6 nitrogen and oxygen atoms in total. The summed E-state index contributed by atoms with van der Waals surface area (Å²) in [7, 11) is 0. The average molecular weight is 579 g/mol. The lowest BCUT2D eigenvalue weighted by atomic mass is 9.71. The number of esters is 1. The van der Waals surface area contributed by atoms with Crippen molar-refractivity contribution in [3.8, 4) is 5.75 Å². The first kappa shape index (κ1) is 31.3. The molecule has 2 heterocycles. The summed E-state index contributed by atoms with van der Waals surface area (Å²) >= 11 is 0. The monoisotopic (exact) mass is 578 g/mol. The Labute approximate surface area is 253 Å². The number of aliphatic hydroxyl groups is 1. The summed E-state index contributed by atoms with van der Waals surface area (Å²) in [5.74, 6) is 4.19. The zero-order valence-electron chi connectivity index (χ0n) is 26.5. The molecule has 0 radical (unpaired) electrons. The molecule has 3 fully saturated rings. The second-order valence-corrected chi connectivity index (χ2v) is 14.2. The van der Waals surface area contributed by atoms with Crippen molar-refractivity contribution in [1.29, 1.82) is 0 Å². The molecule has 1 N–H and O–H groups in total. The van der Waals surface area contributed by atoms with Crippen LogP contribution in [-0.4, -0.2) is 52.9 Å². The highest BCUT2D eigenvalue weighted by molar-refractivity contribution is 5.80. The van der Waals surface area contributed by atoms with Gasteiger partial charge in [0.2, 0.25) is 0 Å². The van der Waals surface area contributed by atoms with Crippen molar-refractivity contribution < 1.29 is 19.4 Å². The molecule has 5 rings (SSSR count). The van der Waals surface area contributed by atoms with Crippen LogP contribution in [0.15, 0.2) is 30.3 Å². The molecular formula is C36H54N2O4. The van der Waals surface area contributed by atoms with Gasteiger partial charge in [0.1, 0.15) is 5.75 Å². The molecule has 0 amide bonds. The van der Waals surface area contributed by atoms with E-state index in [0.29, 0.717) is 30.5 Å². The van der Waals surface area contributed by atoms with Crippen LogP contribution in [-0.2, 0) is 16.1 Å². The fourth-order valence-electron chi connectivity index (χ4n) is 7.83. The molecule has 232 valence electrons. The molecule has 1 aromatic carbocycles. The van der Waals surface area contributed by atoms with Crippen LogP contribution in [0.1, 0.15) is 97.6 Å². The number of rotatable bonds is 10. The second-order valence-electron chi connectivity index (χ2n) is 14.2. The molecule has 2 aromatic rings. The number of piperidine rings is 1. The summed E-state index contributed by atoms with van der Waals surface area (Å²) in [6.45, 7) is 12.3. The number of ether oxygens (including phenoxy) is 2. The molecule has 3 atom stereocenters. The third-order valence-corrected chi connectivity index (χ3v) is 10.6. The van der Waals surface area contributed by atoms with E-state index in [2.05, 4.69) is 62.9 Å². The number of carbonyl (C=O) groups excluding carboxylic acids is 1. The zero-order valence-corrected chi connectivity index (χ0v) is 26.5.